The maximum atomic E-state index is 11.1. The molecule has 1 aromatic carbocycles. The van der Waals surface area contributed by atoms with Gasteiger partial charge in [0.1, 0.15) is 0 Å². The number of benzene rings is 1. The van der Waals surface area contributed by atoms with Crippen LogP contribution in [-0.2, 0) is 4.79 Å². The van der Waals surface area contributed by atoms with Gasteiger partial charge in [-0.05, 0) is 50.1 Å². The van der Waals surface area contributed by atoms with Crippen molar-refractivity contribution in [2.75, 3.05) is 0 Å². The van der Waals surface area contributed by atoms with Gasteiger partial charge in [0.05, 0.1) is 5.52 Å². The van der Waals surface area contributed by atoms with Gasteiger partial charge in [0, 0.05) is 11.1 Å². The Labute approximate surface area is 110 Å². The number of H-pyrrole nitrogens is 1. The highest BCUT2D eigenvalue weighted by molar-refractivity contribution is 5.97. The van der Waals surface area contributed by atoms with Crippen LogP contribution in [0.4, 0.5) is 0 Å². The molecule has 0 aliphatic carbocycles. The molecule has 0 saturated heterocycles. The Morgan fingerprint density at radius 1 is 1.42 bits per heavy atom. The number of aryl methyl sites for hydroxylation is 1. The molecule has 0 atom stereocenters. The normalized spacial score (nSPS) is 10.8. The zero-order valence-corrected chi connectivity index (χ0v) is 11.0. The molecule has 0 radical (unpaired) electrons. The number of hydrogen-bond donors (Lipinski definition) is 2. The Kier molecular flexibility index (Phi) is 4.93. The zero-order valence-electron chi connectivity index (χ0n) is 11.0. The molecule has 6 heteroatoms. The summed E-state index contributed by atoms with van der Waals surface area (Å²) >= 11 is 0. The molecule has 1 heterocycles. The summed E-state index contributed by atoms with van der Waals surface area (Å²) in [7, 11) is 0. The topological polar surface area (TPSA) is 95.4 Å². The van der Waals surface area contributed by atoms with E-state index in [0.29, 0.717) is 0 Å². The van der Waals surface area contributed by atoms with Gasteiger partial charge in [-0.1, -0.05) is 6.07 Å². The SMILES string of the molecule is CC(=O)C(C)=Cc1ccc2n[nH]c(C)c2c1.O=NO. The third-order valence-corrected chi connectivity index (χ3v) is 2.71. The number of rotatable bonds is 2. The lowest BCUT2D eigenvalue weighted by Crippen LogP contribution is -1.90. The van der Waals surface area contributed by atoms with E-state index in [1.165, 1.54) is 5.34 Å². The number of carbonyl (C=O) groups is 1. The zero-order chi connectivity index (χ0) is 14.4. The Hall–Kier alpha value is -2.50. The molecule has 6 nitrogen and oxygen atoms in total. The number of carbonyl (C=O) groups excluding carboxylic acids is 1. The number of nitrogens with one attached hydrogen (secondary N) is 1. The lowest BCUT2D eigenvalue weighted by Gasteiger charge is -1.97. The summed E-state index contributed by atoms with van der Waals surface area (Å²) in [5.74, 6) is 0.101. The monoisotopic (exact) mass is 261 g/mol. The molecule has 19 heavy (non-hydrogen) atoms. The van der Waals surface area contributed by atoms with E-state index in [0.717, 1.165) is 27.7 Å². The molecule has 1 aromatic heterocycles. The van der Waals surface area contributed by atoms with Crippen molar-refractivity contribution in [2.24, 2.45) is 5.34 Å². The summed E-state index contributed by atoms with van der Waals surface area (Å²) in [6.45, 7) is 5.39. The van der Waals surface area contributed by atoms with Crippen LogP contribution in [0.15, 0.2) is 29.1 Å². The lowest BCUT2D eigenvalue weighted by atomic mass is 10.1. The van der Waals surface area contributed by atoms with Gasteiger partial charge in [-0.15, -0.1) is 4.91 Å². The molecular weight excluding hydrogens is 246 g/mol. The van der Waals surface area contributed by atoms with Gasteiger partial charge in [-0.25, -0.2) is 0 Å². The average Bonchev–Trinajstić information content (AvgIpc) is 2.72. The predicted octanol–water partition coefficient (Wildman–Crippen LogP) is 3.01. The van der Waals surface area contributed by atoms with Crippen LogP contribution in [0.25, 0.3) is 17.0 Å². The molecule has 0 bridgehead atoms. The first-order chi connectivity index (χ1) is 8.99. The second-order valence-electron chi connectivity index (χ2n) is 4.09. The number of Topliss-reactive ketones (excluding diaryl/α,β-unsaturated/α-hetero) is 1. The smallest absolute Gasteiger partial charge is 0.155 e. The predicted molar refractivity (Wildman–Crippen MR) is 72.7 cm³/mol. The Balaban J connectivity index is 0.000000550. The number of hydrogen-bond acceptors (Lipinski definition) is 4. The van der Waals surface area contributed by atoms with Crippen LogP contribution in [0.5, 0.6) is 0 Å². The van der Waals surface area contributed by atoms with Crippen LogP contribution in [0.3, 0.4) is 0 Å². The van der Waals surface area contributed by atoms with Gasteiger partial charge in [0.25, 0.3) is 0 Å². The van der Waals surface area contributed by atoms with Crippen LogP contribution >= 0.6 is 0 Å². The first-order valence-corrected chi connectivity index (χ1v) is 5.60. The van der Waals surface area contributed by atoms with Gasteiger partial charge in [-0.3, -0.25) is 9.89 Å². The number of aromatic amines is 1. The van der Waals surface area contributed by atoms with Crippen LogP contribution in [-0.4, -0.2) is 21.2 Å². The van der Waals surface area contributed by atoms with E-state index in [1.807, 2.05) is 38.1 Å². The van der Waals surface area contributed by atoms with E-state index in [9.17, 15) is 4.79 Å². The highest BCUT2D eigenvalue weighted by Crippen LogP contribution is 2.18. The first kappa shape index (κ1) is 14.6. The van der Waals surface area contributed by atoms with Crippen molar-refractivity contribution < 1.29 is 10.0 Å². The average molecular weight is 261 g/mol. The van der Waals surface area contributed by atoms with Crippen LogP contribution < -0.4 is 0 Å². The standard InChI is InChI=1S/C13H14N2O.HNO2/c1-8(10(3)16)6-11-4-5-13-12(7-11)9(2)14-15-13;2-1-3/h4-7H,1-3H3,(H,14,15);(H,2,3). The van der Waals surface area contributed by atoms with Gasteiger partial charge < -0.3 is 5.21 Å². The third kappa shape index (κ3) is 3.74. The van der Waals surface area contributed by atoms with Crippen molar-refractivity contribution in [3.63, 3.8) is 0 Å². The number of aromatic nitrogens is 2. The minimum absolute atomic E-state index is 0.101. The van der Waals surface area contributed by atoms with Crippen molar-refractivity contribution in [2.45, 2.75) is 20.8 Å². The fourth-order valence-electron chi connectivity index (χ4n) is 1.60. The number of fused-ring (bicyclic) bond motifs is 1. The summed E-state index contributed by atoms with van der Waals surface area (Å²) in [6.07, 6.45) is 1.90. The van der Waals surface area contributed by atoms with Crippen LogP contribution in [0.1, 0.15) is 25.1 Å². The largest absolute Gasteiger partial charge is 0.379 e. The molecule has 2 aromatic rings. The number of ketones is 1. The first-order valence-electron chi connectivity index (χ1n) is 5.60. The summed E-state index contributed by atoms with van der Waals surface area (Å²) in [6, 6.07) is 5.97. The fraction of sp³-hybridized carbons (Fsp3) is 0.231. The van der Waals surface area contributed by atoms with Crippen molar-refractivity contribution in [1.29, 1.82) is 0 Å². The fourth-order valence-corrected chi connectivity index (χ4v) is 1.60. The van der Waals surface area contributed by atoms with E-state index in [2.05, 4.69) is 10.2 Å². The molecule has 0 amide bonds. The quantitative estimate of drug-likeness (QED) is 0.493. The Morgan fingerprint density at radius 2 is 2.05 bits per heavy atom. The highest BCUT2D eigenvalue weighted by Gasteiger charge is 2.02. The minimum Gasteiger partial charge on any atom is -0.379 e. The maximum absolute atomic E-state index is 11.1. The van der Waals surface area contributed by atoms with Crippen molar-refractivity contribution in [3.05, 3.63) is 39.9 Å². The molecule has 0 aliphatic heterocycles. The molecule has 0 spiro atoms. The summed E-state index contributed by atoms with van der Waals surface area (Å²) in [5.41, 5.74) is 3.80. The summed E-state index contributed by atoms with van der Waals surface area (Å²) in [4.78, 5) is 19.3. The van der Waals surface area contributed by atoms with Gasteiger partial charge in [0.2, 0.25) is 0 Å². The van der Waals surface area contributed by atoms with Crippen molar-refractivity contribution in [1.82, 2.24) is 10.2 Å². The lowest BCUT2D eigenvalue weighted by molar-refractivity contribution is -0.113. The van der Waals surface area contributed by atoms with E-state index >= 15 is 0 Å². The Morgan fingerprint density at radius 3 is 2.63 bits per heavy atom. The molecule has 0 unspecified atom stereocenters. The van der Waals surface area contributed by atoms with Gasteiger partial charge >= 0.3 is 0 Å². The summed E-state index contributed by atoms with van der Waals surface area (Å²) < 4.78 is 0. The number of allylic oxidation sites excluding steroid dienone is 1. The Bertz CT molecular complexity index is 629. The molecule has 0 saturated carbocycles. The number of nitrogens with zero attached hydrogens (tertiary/aromatic N) is 2. The molecular formula is C13H15N3O3. The third-order valence-electron chi connectivity index (χ3n) is 2.71. The minimum atomic E-state index is 0.101. The molecule has 2 rings (SSSR count). The highest BCUT2D eigenvalue weighted by atomic mass is 16.6. The van der Waals surface area contributed by atoms with E-state index in [1.54, 1.807) is 6.92 Å². The van der Waals surface area contributed by atoms with Gasteiger partial charge in [0.15, 0.2) is 11.1 Å². The van der Waals surface area contributed by atoms with Crippen LogP contribution in [0.2, 0.25) is 0 Å². The van der Waals surface area contributed by atoms with E-state index < -0.39 is 0 Å². The molecule has 0 fully saturated rings. The maximum Gasteiger partial charge on any atom is 0.155 e. The molecule has 2 N–H and O–H groups in total. The summed E-state index contributed by atoms with van der Waals surface area (Å²) in [5, 5.41) is 16.1. The second-order valence-corrected chi connectivity index (χ2v) is 4.09. The van der Waals surface area contributed by atoms with Gasteiger partial charge in [-0.2, -0.15) is 5.10 Å². The van der Waals surface area contributed by atoms with Crippen molar-refractivity contribution in [3.8, 4) is 0 Å². The van der Waals surface area contributed by atoms with Crippen molar-refractivity contribution >= 4 is 22.8 Å². The second kappa shape index (κ2) is 6.44. The molecule has 0 aliphatic rings. The van der Waals surface area contributed by atoms with Crippen LogP contribution in [0, 0.1) is 11.8 Å². The molecule has 100 valence electrons. The van der Waals surface area contributed by atoms with E-state index in [-0.39, 0.29) is 5.78 Å². The van der Waals surface area contributed by atoms with E-state index in [4.69, 9.17) is 10.1 Å².